The molecule has 0 saturated carbocycles. The van der Waals surface area contributed by atoms with E-state index in [-0.39, 0.29) is 24.1 Å². The van der Waals surface area contributed by atoms with Crippen LogP contribution in [0.5, 0.6) is 0 Å². The van der Waals surface area contributed by atoms with Gasteiger partial charge in [-0.15, -0.1) is 0 Å². The highest BCUT2D eigenvalue weighted by Crippen LogP contribution is 2.32. The van der Waals surface area contributed by atoms with Crippen LogP contribution < -0.4 is 0 Å². The molecule has 3 aromatic rings. The maximum Gasteiger partial charge on any atom is 0.227 e. The van der Waals surface area contributed by atoms with E-state index in [1.165, 1.54) is 17.7 Å². The molecule has 1 unspecified atom stereocenters. The van der Waals surface area contributed by atoms with Gasteiger partial charge in [0.05, 0.1) is 17.8 Å². The van der Waals surface area contributed by atoms with Crippen molar-refractivity contribution < 1.29 is 9.18 Å². The van der Waals surface area contributed by atoms with Crippen LogP contribution in [0.4, 0.5) is 4.39 Å². The van der Waals surface area contributed by atoms with E-state index < -0.39 is 0 Å². The summed E-state index contributed by atoms with van der Waals surface area (Å²) in [5.74, 6) is -0.0574. The topological polar surface area (TPSA) is 46.1 Å². The van der Waals surface area contributed by atoms with E-state index >= 15 is 0 Å². The van der Waals surface area contributed by atoms with E-state index in [9.17, 15) is 9.18 Å². The Bertz CT molecular complexity index is 1000. The Morgan fingerprint density at radius 2 is 1.93 bits per heavy atom. The fourth-order valence-corrected chi connectivity index (χ4v) is 3.98. The minimum Gasteiger partial charge on any atom is -0.342 e. The second kappa shape index (κ2) is 8.52. The van der Waals surface area contributed by atoms with Gasteiger partial charge < -0.3 is 4.90 Å². The number of aromatic nitrogens is 2. The van der Waals surface area contributed by atoms with Crippen molar-refractivity contribution in [2.75, 3.05) is 13.1 Å². The minimum absolute atomic E-state index is 0.0716. The average Bonchev–Trinajstić information content (AvgIpc) is 2.75. The Balaban J connectivity index is 1.53. The van der Waals surface area contributed by atoms with Gasteiger partial charge in [0.15, 0.2) is 0 Å². The Kier molecular flexibility index (Phi) is 5.65. The van der Waals surface area contributed by atoms with Crippen molar-refractivity contribution in [3.8, 4) is 11.3 Å². The number of carbonyl (C=O) groups excluding carboxylic acids is 1. The summed E-state index contributed by atoms with van der Waals surface area (Å²) in [5.41, 5.74) is 4.92. The van der Waals surface area contributed by atoms with Crippen LogP contribution in [0, 0.1) is 12.7 Å². The van der Waals surface area contributed by atoms with Crippen LogP contribution in [0.3, 0.4) is 0 Å². The van der Waals surface area contributed by atoms with Crippen LogP contribution in [0.15, 0.2) is 60.9 Å². The van der Waals surface area contributed by atoms with Gasteiger partial charge in [0.25, 0.3) is 0 Å². The molecule has 0 aliphatic carbocycles. The molecule has 1 saturated heterocycles. The molecule has 0 spiro atoms. The summed E-state index contributed by atoms with van der Waals surface area (Å²) in [6, 6.07) is 14.4. The lowest BCUT2D eigenvalue weighted by atomic mass is 9.91. The van der Waals surface area contributed by atoms with E-state index in [1.54, 1.807) is 24.5 Å². The summed E-state index contributed by atoms with van der Waals surface area (Å²) < 4.78 is 13.1. The minimum atomic E-state index is -0.287. The summed E-state index contributed by atoms with van der Waals surface area (Å²) in [4.78, 5) is 24.0. The smallest absolute Gasteiger partial charge is 0.227 e. The van der Waals surface area contributed by atoms with Gasteiger partial charge in [-0.3, -0.25) is 14.8 Å². The molecule has 29 heavy (non-hydrogen) atoms. The zero-order chi connectivity index (χ0) is 20.2. The van der Waals surface area contributed by atoms with Gasteiger partial charge in [0.1, 0.15) is 5.82 Å². The van der Waals surface area contributed by atoms with Gasteiger partial charge in [0, 0.05) is 37.0 Å². The zero-order valence-electron chi connectivity index (χ0n) is 16.5. The molecule has 0 bridgehead atoms. The van der Waals surface area contributed by atoms with Gasteiger partial charge in [-0.1, -0.05) is 35.9 Å². The number of carbonyl (C=O) groups is 1. The van der Waals surface area contributed by atoms with E-state index in [2.05, 4.69) is 35.1 Å². The molecule has 1 aliphatic rings. The van der Waals surface area contributed by atoms with Crippen molar-refractivity contribution in [1.29, 1.82) is 0 Å². The lowest BCUT2D eigenvalue weighted by Crippen LogP contribution is -2.40. The van der Waals surface area contributed by atoms with Crippen LogP contribution in [-0.4, -0.2) is 33.9 Å². The van der Waals surface area contributed by atoms with Crippen molar-refractivity contribution in [2.24, 2.45) is 0 Å². The third kappa shape index (κ3) is 4.50. The fourth-order valence-electron chi connectivity index (χ4n) is 3.98. The van der Waals surface area contributed by atoms with Gasteiger partial charge in [-0.05, 0) is 43.5 Å². The third-order valence-electron chi connectivity index (χ3n) is 5.45. The number of aryl methyl sites for hydroxylation is 1. The fraction of sp³-hybridized carbons (Fsp3) is 0.292. The average molecular weight is 389 g/mol. The van der Waals surface area contributed by atoms with Crippen molar-refractivity contribution in [3.05, 3.63) is 83.6 Å². The summed E-state index contributed by atoms with van der Waals surface area (Å²) in [7, 11) is 0. The van der Waals surface area contributed by atoms with E-state index in [0.29, 0.717) is 6.54 Å². The quantitative estimate of drug-likeness (QED) is 0.658. The second-order valence-electron chi connectivity index (χ2n) is 7.64. The molecule has 4 rings (SSSR count). The number of amides is 1. The number of hydrogen-bond acceptors (Lipinski definition) is 3. The molecule has 0 N–H and O–H groups in total. The molecule has 1 aliphatic heterocycles. The summed E-state index contributed by atoms with van der Waals surface area (Å²) >= 11 is 0. The highest BCUT2D eigenvalue weighted by Gasteiger charge is 2.28. The van der Waals surface area contributed by atoms with E-state index in [1.807, 2.05) is 11.0 Å². The number of rotatable bonds is 4. The maximum atomic E-state index is 13.1. The first kappa shape index (κ1) is 19.2. The molecular formula is C24H24FN3O. The lowest BCUT2D eigenvalue weighted by molar-refractivity contribution is -0.131. The first-order chi connectivity index (χ1) is 14.1. The molecule has 4 nitrogen and oxygen atoms in total. The molecule has 0 radical (unpaired) electrons. The van der Waals surface area contributed by atoms with Gasteiger partial charge in [-0.25, -0.2) is 4.39 Å². The number of hydrogen-bond donors (Lipinski definition) is 0. The van der Waals surface area contributed by atoms with Crippen molar-refractivity contribution in [2.45, 2.75) is 32.1 Å². The molecule has 2 aromatic carbocycles. The summed E-state index contributed by atoms with van der Waals surface area (Å²) in [5, 5.41) is 0. The monoisotopic (exact) mass is 389 g/mol. The maximum absolute atomic E-state index is 13.1. The number of nitrogens with zero attached hydrogens (tertiary/aromatic N) is 3. The predicted octanol–water partition coefficient (Wildman–Crippen LogP) is 4.54. The molecule has 2 heterocycles. The molecule has 5 heteroatoms. The van der Waals surface area contributed by atoms with Crippen molar-refractivity contribution >= 4 is 5.91 Å². The van der Waals surface area contributed by atoms with Gasteiger partial charge in [0.2, 0.25) is 5.91 Å². The zero-order valence-corrected chi connectivity index (χ0v) is 16.5. The van der Waals surface area contributed by atoms with Crippen LogP contribution in [0.2, 0.25) is 0 Å². The molecule has 148 valence electrons. The van der Waals surface area contributed by atoms with Crippen LogP contribution >= 0.6 is 0 Å². The molecule has 1 amide bonds. The summed E-state index contributed by atoms with van der Waals surface area (Å²) in [6.07, 6.45) is 5.66. The second-order valence-corrected chi connectivity index (χ2v) is 7.64. The van der Waals surface area contributed by atoms with Crippen LogP contribution in [0.1, 0.15) is 35.6 Å². The molecule has 1 aromatic heterocycles. The van der Waals surface area contributed by atoms with Gasteiger partial charge in [-0.2, -0.15) is 0 Å². The van der Waals surface area contributed by atoms with Gasteiger partial charge >= 0.3 is 0 Å². The Hall–Kier alpha value is -3.08. The molecule has 1 atom stereocenters. The SMILES string of the molecule is Cc1cccc(-c2nccnc2C2CCCN(C(=O)Cc3ccc(F)cc3)C2)c1. The third-order valence-corrected chi connectivity index (χ3v) is 5.45. The number of halogens is 1. The highest BCUT2D eigenvalue weighted by atomic mass is 19.1. The number of piperidine rings is 1. The first-order valence-electron chi connectivity index (χ1n) is 10.0. The Morgan fingerprint density at radius 1 is 1.14 bits per heavy atom. The first-order valence-corrected chi connectivity index (χ1v) is 10.0. The molecule has 1 fully saturated rings. The summed E-state index contributed by atoms with van der Waals surface area (Å²) in [6.45, 7) is 3.45. The van der Waals surface area contributed by atoms with E-state index in [4.69, 9.17) is 0 Å². The normalized spacial score (nSPS) is 16.6. The van der Waals surface area contributed by atoms with E-state index in [0.717, 1.165) is 41.9 Å². The number of likely N-dealkylation sites (tertiary alicyclic amines) is 1. The van der Waals surface area contributed by atoms with Crippen molar-refractivity contribution in [3.63, 3.8) is 0 Å². The van der Waals surface area contributed by atoms with Crippen LogP contribution in [-0.2, 0) is 11.2 Å². The lowest BCUT2D eigenvalue weighted by Gasteiger charge is -2.33. The van der Waals surface area contributed by atoms with Crippen molar-refractivity contribution in [1.82, 2.24) is 14.9 Å². The Labute approximate surface area is 170 Å². The molecular weight excluding hydrogens is 365 g/mol. The Morgan fingerprint density at radius 3 is 2.72 bits per heavy atom. The standard InChI is InChI=1S/C24H24FN3O/c1-17-4-2-5-19(14-17)23-24(27-12-11-26-23)20-6-3-13-28(16-20)22(29)15-18-7-9-21(25)10-8-18/h2,4-5,7-12,14,20H,3,6,13,15-16H2,1H3. The predicted molar refractivity (Wildman–Crippen MR) is 111 cm³/mol. The highest BCUT2D eigenvalue weighted by molar-refractivity contribution is 5.79. The van der Waals surface area contributed by atoms with Crippen LogP contribution in [0.25, 0.3) is 11.3 Å². The number of benzene rings is 2. The largest absolute Gasteiger partial charge is 0.342 e.